The molecule has 3 heterocycles. The number of likely N-dealkylation sites (tertiary alicyclic amines) is 1. The Kier molecular flexibility index (Phi) is 4.35. The standard InChI is InChI=1S/C16H15N3O2S/c17-10-12-3-5-18-15(8-12)21-13-4-6-19(11-13)16(20)9-14-2-1-7-22-14/h1-3,5,7-8,13H,4,6,9,11H2. The van der Waals surface area contributed by atoms with Gasteiger partial charge in [0, 0.05) is 30.1 Å². The van der Waals surface area contributed by atoms with Crippen LogP contribution in [0, 0.1) is 11.3 Å². The molecule has 0 bridgehead atoms. The Hall–Kier alpha value is -2.39. The van der Waals surface area contributed by atoms with Crippen molar-refractivity contribution >= 4 is 17.2 Å². The lowest BCUT2D eigenvalue weighted by Gasteiger charge is -2.16. The maximum Gasteiger partial charge on any atom is 0.227 e. The molecule has 0 radical (unpaired) electrons. The molecule has 3 rings (SSSR count). The van der Waals surface area contributed by atoms with E-state index in [9.17, 15) is 4.79 Å². The molecule has 1 unspecified atom stereocenters. The highest BCUT2D eigenvalue weighted by atomic mass is 32.1. The maximum absolute atomic E-state index is 12.2. The van der Waals surface area contributed by atoms with Crippen LogP contribution in [0.15, 0.2) is 35.8 Å². The highest BCUT2D eigenvalue weighted by molar-refractivity contribution is 7.10. The summed E-state index contributed by atoms with van der Waals surface area (Å²) in [6.07, 6.45) is 2.73. The van der Waals surface area contributed by atoms with Gasteiger partial charge in [-0.05, 0) is 17.5 Å². The molecule has 0 aliphatic carbocycles. The van der Waals surface area contributed by atoms with Crippen LogP contribution in [0.2, 0.25) is 0 Å². The summed E-state index contributed by atoms with van der Waals surface area (Å²) < 4.78 is 5.78. The predicted octanol–water partition coefficient (Wildman–Crippen LogP) is 2.24. The lowest BCUT2D eigenvalue weighted by molar-refractivity contribution is -0.129. The fraction of sp³-hybridized carbons (Fsp3) is 0.312. The van der Waals surface area contributed by atoms with E-state index in [2.05, 4.69) is 11.1 Å². The minimum atomic E-state index is -0.0614. The maximum atomic E-state index is 12.2. The largest absolute Gasteiger partial charge is 0.472 e. The van der Waals surface area contributed by atoms with Crippen molar-refractivity contribution < 1.29 is 9.53 Å². The molecule has 0 N–H and O–H groups in total. The molecular weight excluding hydrogens is 298 g/mol. The van der Waals surface area contributed by atoms with E-state index in [1.807, 2.05) is 22.4 Å². The second kappa shape index (κ2) is 6.58. The van der Waals surface area contributed by atoms with Crippen molar-refractivity contribution in [2.75, 3.05) is 13.1 Å². The van der Waals surface area contributed by atoms with E-state index in [1.54, 1.807) is 29.7 Å². The second-order valence-corrected chi connectivity index (χ2v) is 6.15. The van der Waals surface area contributed by atoms with E-state index >= 15 is 0 Å². The van der Waals surface area contributed by atoms with Gasteiger partial charge < -0.3 is 9.64 Å². The van der Waals surface area contributed by atoms with Crippen molar-refractivity contribution in [1.82, 2.24) is 9.88 Å². The van der Waals surface area contributed by atoms with Gasteiger partial charge in [-0.2, -0.15) is 5.26 Å². The molecule has 6 heteroatoms. The van der Waals surface area contributed by atoms with Crippen LogP contribution >= 0.6 is 11.3 Å². The van der Waals surface area contributed by atoms with Gasteiger partial charge in [-0.1, -0.05) is 6.07 Å². The van der Waals surface area contributed by atoms with Gasteiger partial charge in [0.1, 0.15) is 6.10 Å². The summed E-state index contributed by atoms with van der Waals surface area (Å²) >= 11 is 1.60. The average Bonchev–Trinajstić information content (AvgIpc) is 3.19. The lowest BCUT2D eigenvalue weighted by atomic mass is 10.3. The smallest absolute Gasteiger partial charge is 0.227 e. The van der Waals surface area contributed by atoms with Gasteiger partial charge in [-0.25, -0.2) is 4.98 Å². The highest BCUT2D eigenvalue weighted by Crippen LogP contribution is 2.19. The first-order valence-electron chi connectivity index (χ1n) is 7.07. The molecule has 112 valence electrons. The third kappa shape index (κ3) is 3.43. The number of nitrogens with zero attached hydrogens (tertiary/aromatic N) is 3. The molecule has 5 nitrogen and oxygen atoms in total. The number of ether oxygens (including phenoxy) is 1. The summed E-state index contributed by atoms with van der Waals surface area (Å²) in [7, 11) is 0. The summed E-state index contributed by atoms with van der Waals surface area (Å²) in [5.74, 6) is 0.573. The number of nitriles is 1. The third-order valence-corrected chi connectivity index (χ3v) is 4.43. The quantitative estimate of drug-likeness (QED) is 0.868. The third-order valence-electron chi connectivity index (χ3n) is 3.55. The van der Waals surface area contributed by atoms with Crippen LogP contribution in [0.4, 0.5) is 0 Å². The van der Waals surface area contributed by atoms with Crippen LogP contribution < -0.4 is 4.74 Å². The van der Waals surface area contributed by atoms with Crippen LogP contribution in [-0.2, 0) is 11.2 Å². The van der Waals surface area contributed by atoms with E-state index in [1.165, 1.54) is 0 Å². The SMILES string of the molecule is N#Cc1ccnc(OC2CCN(C(=O)Cc3cccs3)C2)c1. The minimum Gasteiger partial charge on any atom is -0.472 e. The zero-order valence-electron chi connectivity index (χ0n) is 11.9. The van der Waals surface area contributed by atoms with Gasteiger partial charge in [-0.15, -0.1) is 11.3 Å². The second-order valence-electron chi connectivity index (χ2n) is 5.12. The van der Waals surface area contributed by atoms with Gasteiger partial charge in [-0.3, -0.25) is 4.79 Å². The number of carbonyl (C=O) groups excluding carboxylic acids is 1. The number of rotatable bonds is 4. The molecule has 2 aromatic heterocycles. The molecule has 22 heavy (non-hydrogen) atoms. The Labute approximate surface area is 132 Å². The minimum absolute atomic E-state index is 0.0614. The summed E-state index contributed by atoms with van der Waals surface area (Å²) in [5.41, 5.74) is 0.522. The molecule has 1 amide bonds. The Bertz CT molecular complexity index is 694. The van der Waals surface area contributed by atoms with Gasteiger partial charge in [0.25, 0.3) is 0 Å². The zero-order valence-corrected chi connectivity index (χ0v) is 12.8. The Balaban J connectivity index is 1.55. The topological polar surface area (TPSA) is 66.2 Å². The first kappa shape index (κ1) is 14.5. The molecule has 2 aromatic rings. The van der Waals surface area contributed by atoms with Crippen LogP contribution in [0.3, 0.4) is 0 Å². The molecule has 0 saturated carbocycles. The van der Waals surface area contributed by atoms with Crippen molar-refractivity contribution in [2.45, 2.75) is 18.9 Å². The number of pyridine rings is 1. The molecule has 1 atom stereocenters. The van der Waals surface area contributed by atoms with Crippen LogP contribution in [0.5, 0.6) is 5.88 Å². The van der Waals surface area contributed by atoms with Gasteiger partial charge in [0.05, 0.1) is 24.6 Å². The fourth-order valence-electron chi connectivity index (χ4n) is 2.44. The molecule has 1 aliphatic rings. The summed E-state index contributed by atoms with van der Waals surface area (Å²) in [4.78, 5) is 19.2. The Morgan fingerprint density at radius 3 is 3.23 bits per heavy atom. The average molecular weight is 313 g/mol. The van der Waals surface area contributed by atoms with Crippen molar-refractivity contribution in [1.29, 1.82) is 5.26 Å². The lowest BCUT2D eigenvalue weighted by Crippen LogP contribution is -2.32. The molecular formula is C16H15N3O2S. The number of carbonyl (C=O) groups is 1. The van der Waals surface area contributed by atoms with Crippen molar-refractivity contribution in [3.05, 3.63) is 46.3 Å². The van der Waals surface area contributed by atoms with Crippen molar-refractivity contribution in [2.24, 2.45) is 0 Å². The van der Waals surface area contributed by atoms with Gasteiger partial charge >= 0.3 is 0 Å². The molecule has 1 aliphatic heterocycles. The van der Waals surface area contributed by atoms with E-state index in [4.69, 9.17) is 10.00 Å². The van der Waals surface area contributed by atoms with Gasteiger partial charge in [0.15, 0.2) is 0 Å². The normalized spacial score (nSPS) is 17.2. The van der Waals surface area contributed by atoms with Gasteiger partial charge in [0.2, 0.25) is 11.8 Å². The van der Waals surface area contributed by atoms with Crippen molar-refractivity contribution in [3.8, 4) is 11.9 Å². The number of aromatic nitrogens is 1. The monoisotopic (exact) mass is 313 g/mol. The Morgan fingerprint density at radius 1 is 1.55 bits per heavy atom. The first-order chi connectivity index (χ1) is 10.7. The first-order valence-corrected chi connectivity index (χ1v) is 7.95. The molecule has 1 saturated heterocycles. The number of hydrogen-bond acceptors (Lipinski definition) is 5. The van der Waals surface area contributed by atoms with E-state index in [-0.39, 0.29) is 12.0 Å². The van der Waals surface area contributed by atoms with E-state index < -0.39 is 0 Å². The van der Waals surface area contributed by atoms with Crippen LogP contribution in [0.1, 0.15) is 16.9 Å². The molecule has 0 spiro atoms. The zero-order chi connectivity index (χ0) is 15.4. The summed E-state index contributed by atoms with van der Waals surface area (Å²) in [6, 6.07) is 9.25. The Morgan fingerprint density at radius 2 is 2.45 bits per heavy atom. The summed E-state index contributed by atoms with van der Waals surface area (Å²) in [6.45, 7) is 1.27. The predicted molar refractivity (Wildman–Crippen MR) is 82.6 cm³/mol. The van der Waals surface area contributed by atoms with Crippen LogP contribution in [0.25, 0.3) is 0 Å². The van der Waals surface area contributed by atoms with Crippen molar-refractivity contribution in [3.63, 3.8) is 0 Å². The van der Waals surface area contributed by atoms with Crippen LogP contribution in [-0.4, -0.2) is 35.0 Å². The number of thiophene rings is 1. The summed E-state index contributed by atoms with van der Waals surface area (Å²) in [5, 5.41) is 10.9. The van der Waals surface area contributed by atoms with E-state index in [0.717, 1.165) is 11.3 Å². The molecule has 1 fully saturated rings. The molecule has 0 aromatic carbocycles. The number of amides is 1. The fourth-order valence-corrected chi connectivity index (χ4v) is 3.14. The highest BCUT2D eigenvalue weighted by Gasteiger charge is 2.28. The number of hydrogen-bond donors (Lipinski definition) is 0. The van der Waals surface area contributed by atoms with E-state index in [0.29, 0.717) is 31.0 Å².